The number of hydrogen-bond acceptors (Lipinski definition) is 23. The van der Waals surface area contributed by atoms with Gasteiger partial charge in [0.05, 0.1) is 43.0 Å². The van der Waals surface area contributed by atoms with Gasteiger partial charge in [-0.15, -0.1) is 0 Å². The highest BCUT2D eigenvalue weighted by atomic mass is 32.2. The number of esters is 2. The van der Waals surface area contributed by atoms with Crippen molar-refractivity contribution in [1.29, 1.82) is 0 Å². The van der Waals surface area contributed by atoms with Crippen molar-refractivity contribution in [2.45, 2.75) is 145 Å². The van der Waals surface area contributed by atoms with E-state index in [2.05, 4.69) is 88.2 Å². The predicted octanol–water partition coefficient (Wildman–Crippen LogP) is -4.01. The van der Waals surface area contributed by atoms with Gasteiger partial charge in [-0.05, 0) is 62.9 Å². The molecule has 3 aromatic rings. The molecule has 0 aliphatic rings. The summed E-state index contributed by atoms with van der Waals surface area (Å²) in [6.07, 6.45) is -0.463. The van der Waals surface area contributed by atoms with Crippen molar-refractivity contribution in [3.05, 3.63) is 116 Å². The highest BCUT2D eigenvalue weighted by Gasteiger charge is 2.38. The van der Waals surface area contributed by atoms with Gasteiger partial charge < -0.3 is 93.0 Å². The molecule has 36 nitrogen and oxygen atoms in total. The molecule has 16 N–H and O–H groups in total. The van der Waals surface area contributed by atoms with Crippen molar-refractivity contribution in [1.82, 2.24) is 67.9 Å². The third kappa shape index (κ3) is 29.0. The fourth-order valence-electron chi connectivity index (χ4n) is 8.75. The zero-order valence-electron chi connectivity index (χ0n) is 55.7. The lowest BCUT2D eigenvalue weighted by Gasteiger charge is -2.28. The number of carbonyl (C=O) groups is 14. The Hall–Kier alpha value is -10.9. The molecule has 1 heterocycles. The number of carbonyl (C=O) groups excluding carboxylic acids is 14. The van der Waals surface area contributed by atoms with Crippen LogP contribution in [0.15, 0.2) is 110 Å². The number of aromatic amines is 1. The average molecular weight is 1420 g/mol. The van der Waals surface area contributed by atoms with Crippen molar-refractivity contribution in [2.24, 2.45) is 5.92 Å². The van der Waals surface area contributed by atoms with E-state index >= 15 is 0 Å². The van der Waals surface area contributed by atoms with Gasteiger partial charge in [0.1, 0.15) is 74.2 Å². The van der Waals surface area contributed by atoms with E-state index in [1.807, 2.05) is 4.72 Å². The second-order valence-electron chi connectivity index (χ2n) is 22.5. The maximum Gasteiger partial charge on any atom is 0.408 e. The number of imidazole rings is 1. The third-order valence-electron chi connectivity index (χ3n) is 13.9. The summed E-state index contributed by atoms with van der Waals surface area (Å²) in [5.74, 6) is -15.0. The van der Waals surface area contributed by atoms with E-state index in [1.54, 1.807) is 30.3 Å². The molecule has 0 fully saturated rings. The number of nitrogens with one attached hydrogen (secondary N) is 13. The first-order valence-corrected chi connectivity index (χ1v) is 32.4. The lowest BCUT2D eigenvalue weighted by molar-refractivity contribution is -0.146. The summed E-state index contributed by atoms with van der Waals surface area (Å²) in [5, 5.41) is 57.5. The van der Waals surface area contributed by atoms with Gasteiger partial charge in [0, 0.05) is 43.8 Å². The summed E-state index contributed by atoms with van der Waals surface area (Å²) in [7, 11) is -4.61. The van der Waals surface area contributed by atoms with E-state index in [0.29, 0.717) is 11.3 Å². The summed E-state index contributed by atoms with van der Waals surface area (Å²) in [6, 6.07) is -3.11. The Kier molecular flexibility index (Phi) is 35.0. The molecule has 0 saturated heterocycles. The monoisotopic (exact) mass is 1420 g/mol. The average Bonchev–Trinajstić information content (AvgIpc) is 0.861. The maximum absolute atomic E-state index is 14.3. The van der Waals surface area contributed by atoms with Crippen molar-refractivity contribution >= 4 is 98.7 Å². The van der Waals surface area contributed by atoms with Crippen molar-refractivity contribution in [2.75, 3.05) is 38.3 Å². The van der Waals surface area contributed by atoms with Gasteiger partial charge in [0.25, 0.3) is 15.9 Å². The van der Waals surface area contributed by atoms with Crippen LogP contribution < -0.4 is 63.2 Å². The number of benzene rings is 2. The van der Waals surface area contributed by atoms with Crippen LogP contribution in [0.4, 0.5) is 10.5 Å². The number of amides is 12. The number of anilines is 1. The maximum atomic E-state index is 14.3. The number of nitrogens with zero attached hydrogens (tertiary/aromatic N) is 1. The number of H-pyrrole nitrogens is 1. The second-order valence-corrected chi connectivity index (χ2v) is 24.2. The fraction of sp³-hybridized carbons (Fsp3) is 0.444. The summed E-state index contributed by atoms with van der Waals surface area (Å²) in [4.78, 5) is 193. The normalized spacial score (nSPS) is 14.3. The van der Waals surface area contributed by atoms with Crippen LogP contribution in [0.1, 0.15) is 72.1 Å². The first-order chi connectivity index (χ1) is 47.2. The first-order valence-electron chi connectivity index (χ1n) is 30.9. The minimum Gasteiger partial charge on any atom is -0.461 e. The molecule has 546 valence electrons. The van der Waals surface area contributed by atoms with Crippen molar-refractivity contribution in [3.8, 4) is 0 Å². The van der Waals surface area contributed by atoms with Gasteiger partial charge in [-0.2, -0.15) is 0 Å². The van der Waals surface area contributed by atoms with Crippen LogP contribution in [-0.4, -0.2) is 216 Å². The van der Waals surface area contributed by atoms with Gasteiger partial charge in [-0.1, -0.05) is 82.1 Å². The Balaban J connectivity index is 1.81. The number of rotatable bonds is 42. The number of aliphatic hydroxyl groups is 3. The van der Waals surface area contributed by atoms with Gasteiger partial charge in [0.15, 0.2) is 0 Å². The van der Waals surface area contributed by atoms with Crippen LogP contribution >= 0.6 is 0 Å². The van der Waals surface area contributed by atoms with Crippen LogP contribution in [0.5, 0.6) is 0 Å². The summed E-state index contributed by atoms with van der Waals surface area (Å²) in [6.45, 7) is 14.8. The van der Waals surface area contributed by atoms with Crippen molar-refractivity contribution in [3.63, 3.8) is 0 Å². The Morgan fingerprint density at radius 1 is 0.560 bits per heavy atom. The van der Waals surface area contributed by atoms with Gasteiger partial charge >= 0.3 is 18.0 Å². The summed E-state index contributed by atoms with van der Waals surface area (Å²) < 4.78 is 43.2. The smallest absolute Gasteiger partial charge is 0.408 e. The van der Waals surface area contributed by atoms with E-state index in [1.165, 1.54) is 70.6 Å². The molecule has 11 atom stereocenters. The molecule has 0 unspecified atom stereocenters. The molecule has 12 amide bonds. The molecule has 0 aliphatic carbocycles. The van der Waals surface area contributed by atoms with E-state index < -0.39 is 203 Å². The van der Waals surface area contributed by atoms with Crippen molar-refractivity contribution < 1.29 is 105 Å². The fourth-order valence-corrected chi connectivity index (χ4v) is 9.76. The van der Waals surface area contributed by atoms with Crippen LogP contribution in [0, 0.1) is 5.92 Å². The third-order valence-corrected chi connectivity index (χ3v) is 15.3. The zero-order valence-corrected chi connectivity index (χ0v) is 56.5. The number of ether oxygens (including phenoxy) is 3. The molecule has 3 rings (SSSR count). The molecule has 37 heteroatoms. The number of hydrogen-bond donors (Lipinski definition) is 16. The molecular weight excluding hydrogens is 1340 g/mol. The zero-order chi connectivity index (χ0) is 74.8. The van der Waals surface area contributed by atoms with Crippen LogP contribution in [0.2, 0.25) is 0 Å². The molecule has 0 aliphatic heterocycles. The van der Waals surface area contributed by atoms with E-state index in [-0.39, 0.29) is 38.3 Å². The molecule has 1 aromatic heterocycles. The SMILES string of the molecule is C=CCOC(=O)CC[C@H](NC(=O)[C@H](C)NC(=O)[C@H](Cc1cnc[nH]1)NC(=O)OCC=C)C(=O)NCC(=O)N[C@H](C(=O)N[C@@H](Cc1ccccc1)C(=O)N[C@H](C(=O)N[C@@H](CO)C(=O)N[C@@H](CC(=O)OCC=C)C(=O)N[C@H](C(=O)NS(=O)(=O)c1ccc(NC(C)=O)cc1)C(C)C)[C@@H](C)O)[C@@H](C)O. The van der Waals surface area contributed by atoms with E-state index in [0.717, 1.165) is 26.0 Å². The Morgan fingerprint density at radius 3 is 1.64 bits per heavy atom. The lowest BCUT2D eigenvalue weighted by atomic mass is 10.0. The summed E-state index contributed by atoms with van der Waals surface area (Å²) >= 11 is 0. The minimum absolute atomic E-state index is 0.135. The van der Waals surface area contributed by atoms with E-state index in [4.69, 9.17) is 14.2 Å². The van der Waals surface area contributed by atoms with Gasteiger partial charge in [-0.25, -0.2) is 22.9 Å². The first kappa shape index (κ1) is 83.3. The molecule has 2 aromatic carbocycles. The van der Waals surface area contributed by atoms with Gasteiger partial charge in [-0.3, -0.25) is 62.3 Å². The predicted molar refractivity (Wildman–Crippen MR) is 353 cm³/mol. The van der Waals surface area contributed by atoms with Crippen LogP contribution in [0.25, 0.3) is 0 Å². The largest absolute Gasteiger partial charge is 0.461 e. The molecule has 0 bridgehead atoms. The number of aliphatic hydroxyl groups excluding tert-OH is 3. The number of aromatic nitrogens is 2. The second kappa shape index (κ2) is 42.0. The highest BCUT2D eigenvalue weighted by Crippen LogP contribution is 2.16. The van der Waals surface area contributed by atoms with Crippen LogP contribution in [0.3, 0.4) is 0 Å². The quantitative estimate of drug-likeness (QED) is 0.0146. The van der Waals surface area contributed by atoms with Crippen LogP contribution in [-0.2, 0) is 99.4 Å². The minimum atomic E-state index is -4.61. The van der Waals surface area contributed by atoms with E-state index in [9.17, 15) is 90.9 Å². The van der Waals surface area contributed by atoms with Gasteiger partial charge in [0.2, 0.25) is 59.1 Å². The standard InChI is InChI=1S/C63H86N14O22S/c1-10-24-97-49(83)23-22-43(69-54(85)35(6)67-56(87)45(28-41-30-64-33-66-41)73-63(94)99-26-12-3)55(86)65-31-48(82)74-52(36(7)79)60(91)71-44(27-39-16-14-13-15-17-39)57(88)76-53(37(8)80)61(92)72-47(32-78)59(90)70-46(29-50(84)98-25-11-2)58(89)75-51(34(4)5)62(93)77-100(95,96)42-20-18-40(19-21-42)68-38(9)81/h10-21,30,33-37,43-47,51-53,78-80H,1-3,22-29,31-32H2,4-9H3,(H,64,66)(H,65,86)(H,67,87)(H,68,81)(H,69,85)(H,70,90)(H,71,91)(H,72,92)(H,73,94)(H,74,82)(H,75,89)(H,76,88)(H,77,93)/t35-,36+,37+,43-,44-,45-,46-,47-,51-,52-,53-/m0/s1. The Bertz CT molecular complexity index is 3480. The topological polar surface area (TPSA) is 535 Å². The molecule has 0 radical (unpaired) electrons. The Morgan fingerprint density at radius 2 is 1.08 bits per heavy atom. The number of alkyl carbamates (subject to hydrolysis) is 1. The number of sulfonamides is 1. The molecule has 0 saturated carbocycles. The summed E-state index contributed by atoms with van der Waals surface area (Å²) in [5.41, 5.74) is 1.05. The Labute approximate surface area is 575 Å². The molecular formula is C63H86N14O22S. The lowest BCUT2D eigenvalue weighted by Crippen LogP contribution is -2.63. The molecule has 0 spiro atoms. The molecule has 100 heavy (non-hydrogen) atoms. The highest BCUT2D eigenvalue weighted by molar-refractivity contribution is 7.90.